The maximum Gasteiger partial charge on any atom is 0.303 e. The smallest absolute Gasteiger partial charge is 0.303 e. The number of hydrogen-bond donors (Lipinski definition) is 1. The molecule has 3 aliphatic carbocycles. The summed E-state index contributed by atoms with van der Waals surface area (Å²) in [6, 6.07) is 0. The zero-order valence-corrected chi connectivity index (χ0v) is 27.4. The maximum absolute atomic E-state index is 12.2. The third-order valence-corrected chi connectivity index (χ3v) is 16.2. The number of carbonyl (C=O) groups is 2. The zero-order chi connectivity index (χ0) is 29.6. The van der Waals surface area contributed by atoms with Crippen molar-refractivity contribution in [3.8, 4) is 0 Å². The van der Waals surface area contributed by atoms with Crippen LogP contribution in [0.25, 0.3) is 0 Å². The molecule has 3 aliphatic rings. The highest BCUT2D eigenvalue weighted by Gasteiger charge is 2.60. The van der Waals surface area contributed by atoms with E-state index in [2.05, 4.69) is 61.2 Å². The van der Waals surface area contributed by atoms with Gasteiger partial charge in [0, 0.05) is 27.1 Å². The van der Waals surface area contributed by atoms with Gasteiger partial charge in [-0.1, -0.05) is 46.8 Å². The van der Waals surface area contributed by atoms with E-state index >= 15 is 0 Å². The van der Waals surface area contributed by atoms with Gasteiger partial charge in [-0.25, -0.2) is 0 Å². The molecular formula is C32H56O6Si. The third-order valence-electron chi connectivity index (χ3n) is 11.7. The van der Waals surface area contributed by atoms with E-state index in [-0.39, 0.29) is 52.2 Å². The second-order valence-corrected chi connectivity index (χ2v) is 19.9. The summed E-state index contributed by atoms with van der Waals surface area (Å²) >= 11 is 0. The lowest BCUT2D eigenvalue weighted by atomic mass is 9.48. The number of rotatable bonds is 8. The van der Waals surface area contributed by atoms with Crippen molar-refractivity contribution in [2.75, 3.05) is 13.2 Å². The molecule has 39 heavy (non-hydrogen) atoms. The Bertz CT molecular complexity index is 924. The summed E-state index contributed by atoms with van der Waals surface area (Å²) < 4.78 is 18.4. The second kappa shape index (κ2) is 11.6. The van der Waals surface area contributed by atoms with Crippen LogP contribution in [0.3, 0.4) is 0 Å². The fourth-order valence-electron chi connectivity index (χ4n) is 8.51. The molecule has 9 atom stereocenters. The molecule has 0 aromatic heterocycles. The van der Waals surface area contributed by atoms with Gasteiger partial charge in [-0.3, -0.25) is 9.59 Å². The lowest BCUT2D eigenvalue weighted by Crippen LogP contribution is -2.57. The highest BCUT2D eigenvalue weighted by molar-refractivity contribution is 6.74. The van der Waals surface area contributed by atoms with Crippen LogP contribution in [0, 0.1) is 40.4 Å². The maximum atomic E-state index is 12.2. The van der Waals surface area contributed by atoms with Gasteiger partial charge in [-0.2, -0.15) is 0 Å². The normalized spacial score (nSPS) is 39.1. The molecule has 1 N–H and O–H groups in total. The Morgan fingerprint density at radius 3 is 2.03 bits per heavy atom. The molecule has 6 nitrogen and oxygen atoms in total. The van der Waals surface area contributed by atoms with Crippen molar-refractivity contribution >= 4 is 20.3 Å². The molecule has 0 aromatic carbocycles. The number of carbonyl (C=O) groups excluding carboxylic acids is 2. The number of aliphatic hydroxyl groups excluding tert-OH is 1. The predicted octanol–water partition coefficient (Wildman–Crippen LogP) is 6.92. The van der Waals surface area contributed by atoms with Crippen LogP contribution >= 0.6 is 0 Å². The molecule has 0 aromatic rings. The first-order valence-corrected chi connectivity index (χ1v) is 18.0. The fraction of sp³-hybridized carbons (Fsp3) is 0.875. The van der Waals surface area contributed by atoms with Crippen LogP contribution < -0.4 is 0 Å². The Morgan fingerprint density at radius 1 is 0.949 bits per heavy atom. The minimum atomic E-state index is -2.03. The van der Waals surface area contributed by atoms with Gasteiger partial charge in [0.1, 0.15) is 12.2 Å². The van der Waals surface area contributed by atoms with E-state index in [4.69, 9.17) is 13.9 Å². The molecule has 224 valence electrons. The van der Waals surface area contributed by atoms with Gasteiger partial charge < -0.3 is 19.0 Å². The second-order valence-electron chi connectivity index (χ2n) is 15.1. The molecule has 0 amide bonds. The molecular weight excluding hydrogens is 508 g/mol. The van der Waals surface area contributed by atoms with Gasteiger partial charge in [0.25, 0.3) is 0 Å². The fourth-order valence-corrected chi connectivity index (χ4v) is 9.56. The Morgan fingerprint density at radius 2 is 1.51 bits per heavy atom. The lowest BCUT2D eigenvalue weighted by molar-refractivity contribution is -0.190. The first-order chi connectivity index (χ1) is 17.9. The van der Waals surface area contributed by atoms with Crippen molar-refractivity contribution in [2.24, 2.45) is 40.4 Å². The Kier molecular flexibility index (Phi) is 9.61. The largest absolute Gasteiger partial charge is 0.459 e. The molecule has 0 saturated heterocycles. The van der Waals surface area contributed by atoms with Crippen molar-refractivity contribution in [3.63, 3.8) is 0 Å². The average Bonchev–Trinajstić information content (AvgIpc) is 3.15. The molecule has 3 saturated carbocycles. The van der Waals surface area contributed by atoms with Gasteiger partial charge in [0.2, 0.25) is 0 Å². The summed E-state index contributed by atoms with van der Waals surface area (Å²) in [6.07, 6.45) is 4.57. The quantitative estimate of drug-likeness (QED) is 0.196. The molecule has 3 fully saturated rings. The highest BCUT2D eigenvalue weighted by Crippen LogP contribution is 2.65. The number of esters is 2. The molecule has 0 radical (unpaired) electrons. The van der Waals surface area contributed by atoms with Crippen LogP contribution in [0.2, 0.25) is 18.1 Å². The SMILES string of the molecule is C=C(C)[C@H]1CCC2[C@H](CO)C([C@@]3(C)C[C@@H](OC(C)=O)[C@@H](OC(C)=O)C[C@@H]3CO[Si](C)(C)C(C)(C)C)CC[C@@]21C. The van der Waals surface area contributed by atoms with Crippen molar-refractivity contribution in [1.29, 1.82) is 0 Å². The number of fused-ring (bicyclic) bond motifs is 1. The Balaban J connectivity index is 2.01. The minimum Gasteiger partial charge on any atom is -0.459 e. The first kappa shape index (κ1) is 32.3. The highest BCUT2D eigenvalue weighted by atomic mass is 28.4. The summed E-state index contributed by atoms with van der Waals surface area (Å²) in [5.74, 6) is 0.750. The van der Waals surface area contributed by atoms with Gasteiger partial charge >= 0.3 is 11.9 Å². The zero-order valence-electron chi connectivity index (χ0n) is 26.4. The number of allylic oxidation sites excluding steroid dienone is 1. The molecule has 7 heteroatoms. The Labute approximate surface area is 238 Å². The van der Waals surface area contributed by atoms with E-state index in [1.807, 2.05) is 0 Å². The van der Waals surface area contributed by atoms with Crippen LogP contribution in [-0.2, 0) is 23.5 Å². The van der Waals surface area contributed by atoms with E-state index < -0.39 is 20.5 Å². The average molecular weight is 565 g/mol. The number of hydrogen-bond acceptors (Lipinski definition) is 6. The van der Waals surface area contributed by atoms with E-state index in [9.17, 15) is 14.7 Å². The summed E-state index contributed by atoms with van der Waals surface area (Å²) in [5, 5.41) is 11.0. The van der Waals surface area contributed by atoms with Gasteiger partial charge in [-0.15, -0.1) is 0 Å². The van der Waals surface area contributed by atoms with E-state index in [0.717, 1.165) is 25.7 Å². The number of aliphatic hydroxyl groups is 1. The lowest BCUT2D eigenvalue weighted by Gasteiger charge is -2.58. The van der Waals surface area contributed by atoms with Crippen LogP contribution in [0.1, 0.15) is 93.9 Å². The predicted molar refractivity (Wildman–Crippen MR) is 158 cm³/mol. The standard InChI is InChI=1S/C32H56O6Si/c1-20(2)25-12-13-26-24(18-33)27(14-15-31(25,26)8)32(9)17-29(38-22(4)35)28(37-21(3)34)16-23(32)19-36-39(10,11)30(5,6)7/h23-29,33H,1,12-19H2,2-11H3/t23-,24+,25-,26?,27?,28+,29-,31-,32+/m1/s1. The van der Waals surface area contributed by atoms with Crippen molar-refractivity contribution < 1.29 is 28.6 Å². The van der Waals surface area contributed by atoms with Crippen LogP contribution in [0.4, 0.5) is 0 Å². The van der Waals surface area contributed by atoms with Crippen LogP contribution in [0.15, 0.2) is 12.2 Å². The van der Waals surface area contributed by atoms with Crippen molar-refractivity contribution in [2.45, 2.75) is 124 Å². The van der Waals surface area contributed by atoms with Crippen molar-refractivity contribution in [1.82, 2.24) is 0 Å². The van der Waals surface area contributed by atoms with E-state index in [1.165, 1.54) is 19.4 Å². The summed E-state index contributed by atoms with van der Waals surface area (Å²) in [5.41, 5.74) is 1.18. The molecule has 0 spiro atoms. The van der Waals surface area contributed by atoms with Crippen LogP contribution in [0.5, 0.6) is 0 Å². The van der Waals surface area contributed by atoms with Gasteiger partial charge in [0.15, 0.2) is 8.32 Å². The molecule has 0 aliphatic heterocycles. The van der Waals surface area contributed by atoms with Crippen LogP contribution in [-0.4, -0.2) is 50.8 Å². The van der Waals surface area contributed by atoms with E-state index in [0.29, 0.717) is 31.3 Å². The van der Waals surface area contributed by atoms with Gasteiger partial charge in [0.05, 0.1) is 0 Å². The molecule has 0 heterocycles. The van der Waals surface area contributed by atoms with Gasteiger partial charge in [-0.05, 0) is 104 Å². The first-order valence-electron chi connectivity index (χ1n) is 15.1. The minimum absolute atomic E-state index is 0.0787. The van der Waals surface area contributed by atoms with E-state index in [1.54, 1.807) is 0 Å². The monoisotopic (exact) mass is 564 g/mol. The van der Waals surface area contributed by atoms with Crippen molar-refractivity contribution in [3.05, 3.63) is 12.2 Å². The third kappa shape index (κ3) is 6.35. The summed E-state index contributed by atoms with van der Waals surface area (Å²) in [6.45, 7) is 26.1. The molecule has 3 rings (SSSR count). The topological polar surface area (TPSA) is 82.1 Å². The summed E-state index contributed by atoms with van der Waals surface area (Å²) in [4.78, 5) is 24.2. The number of ether oxygens (including phenoxy) is 2. The Hall–Kier alpha value is -1.18. The molecule has 2 unspecified atom stereocenters. The molecule has 0 bridgehead atoms. The summed E-state index contributed by atoms with van der Waals surface area (Å²) in [7, 11) is -2.03.